The van der Waals surface area contributed by atoms with Gasteiger partial charge in [-0.1, -0.05) is 36.7 Å². The molecule has 2 aromatic heterocycles. The van der Waals surface area contributed by atoms with E-state index in [1.165, 1.54) is 0 Å². The highest BCUT2D eigenvalue weighted by Crippen LogP contribution is 2.29. The fraction of sp³-hybridized carbons (Fsp3) is 0.545. The highest BCUT2D eigenvalue weighted by molar-refractivity contribution is 9.09. The maximum absolute atomic E-state index is 4.38. The van der Waals surface area contributed by atoms with Gasteiger partial charge in [-0.2, -0.15) is 0 Å². The van der Waals surface area contributed by atoms with Crippen LogP contribution in [0.4, 0.5) is 0 Å². The quantitative estimate of drug-likeness (QED) is 0.795. The molecule has 4 nitrogen and oxygen atoms in total. The van der Waals surface area contributed by atoms with Crippen LogP contribution in [-0.2, 0) is 6.42 Å². The first-order valence-electron chi connectivity index (χ1n) is 5.26. The van der Waals surface area contributed by atoms with Gasteiger partial charge in [0.1, 0.15) is 6.33 Å². The van der Waals surface area contributed by atoms with Crippen LogP contribution < -0.4 is 0 Å². The van der Waals surface area contributed by atoms with Crippen LogP contribution in [0.25, 0.3) is 5.65 Å². The van der Waals surface area contributed by atoms with Crippen molar-refractivity contribution in [2.75, 3.05) is 0 Å². The van der Waals surface area contributed by atoms with Crippen LogP contribution in [-0.4, -0.2) is 24.4 Å². The number of alkyl halides is 1. The molecule has 0 saturated heterocycles. The molecule has 0 saturated carbocycles. The first kappa shape index (κ1) is 11.5. The molecule has 2 rings (SSSR count). The van der Waals surface area contributed by atoms with E-state index >= 15 is 0 Å². The van der Waals surface area contributed by atoms with Crippen molar-refractivity contribution in [1.29, 1.82) is 0 Å². The molecule has 0 aliphatic carbocycles. The molecule has 0 fully saturated rings. The second-order valence-electron chi connectivity index (χ2n) is 4.97. The SMILES string of the molecule is CC(C)(C)C(Br)Cc1nccn2cnnc12. The van der Waals surface area contributed by atoms with E-state index in [9.17, 15) is 0 Å². The van der Waals surface area contributed by atoms with Crippen LogP contribution in [0, 0.1) is 5.41 Å². The van der Waals surface area contributed by atoms with Gasteiger partial charge in [-0.05, 0) is 5.41 Å². The highest BCUT2D eigenvalue weighted by Gasteiger charge is 2.23. The summed E-state index contributed by atoms with van der Waals surface area (Å²) in [6.07, 6.45) is 6.20. The Kier molecular flexibility index (Phi) is 2.97. The Labute approximate surface area is 103 Å². The third-order valence-corrected chi connectivity index (χ3v) is 4.30. The molecule has 5 heteroatoms. The summed E-state index contributed by atoms with van der Waals surface area (Å²) < 4.78 is 1.89. The minimum Gasteiger partial charge on any atom is -0.286 e. The zero-order chi connectivity index (χ0) is 11.8. The van der Waals surface area contributed by atoms with E-state index < -0.39 is 0 Å². The van der Waals surface area contributed by atoms with Crippen molar-refractivity contribution in [1.82, 2.24) is 19.6 Å². The zero-order valence-corrected chi connectivity index (χ0v) is 11.3. The van der Waals surface area contributed by atoms with Gasteiger partial charge < -0.3 is 0 Å². The van der Waals surface area contributed by atoms with Crippen molar-refractivity contribution in [2.45, 2.75) is 32.0 Å². The Balaban J connectivity index is 2.31. The van der Waals surface area contributed by atoms with Gasteiger partial charge in [-0.25, -0.2) is 0 Å². The molecular formula is C11H15BrN4. The molecule has 1 unspecified atom stereocenters. The van der Waals surface area contributed by atoms with E-state index in [1.807, 2.05) is 10.6 Å². The van der Waals surface area contributed by atoms with E-state index in [4.69, 9.17) is 0 Å². The van der Waals surface area contributed by atoms with Crippen molar-refractivity contribution < 1.29 is 0 Å². The Morgan fingerprint density at radius 2 is 2.19 bits per heavy atom. The summed E-state index contributed by atoms with van der Waals surface area (Å²) in [6, 6.07) is 0. The molecule has 0 aliphatic rings. The molecule has 86 valence electrons. The normalized spacial score (nSPS) is 14.2. The van der Waals surface area contributed by atoms with Crippen molar-refractivity contribution in [3.05, 3.63) is 24.4 Å². The summed E-state index contributed by atoms with van der Waals surface area (Å²) >= 11 is 3.71. The molecule has 0 radical (unpaired) electrons. The number of hydrogen-bond donors (Lipinski definition) is 0. The van der Waals surface area contributed by atoms with Crippen molar-refractivity contribution >= 4 is 21.6 Å². The first-order valence-corrected chi connectivity index (χ1v) is 6.17. The number of fused-ring (bicyclic) bond motifs is 1. The molecule has 2 heterocycles. The fourth-order valence-corrected chi connectivity index (χ4v) is 1.74. The Hall–Kier alpha value is -0.970. The average Bonchev–Trinajstić information content (AvgIpc) is 2.65. The van der Waals surface area contributed by atoms with E-state index in [0.29, 0.717) is 4.83 Å². The largest absolute Gasteiger partial charge is 0.286 e. The summed E-state index contributed by atoms with van der Waals surface area (Å²) in [6.45, 7) is 6.61. The molecule has 0 aromatic carbocycles. The van der Waals surface area contributed by atoms with Gasteiger partial charge in [0.05, 0.1) is 5.69 Å². The van der Waals surface area contributed by atoms with Crippen LogP contribution in [0.15, 0.2) is 18.7 Å². The summed E-state index contributed by atoms with van der Waals surface area (Å²) in [4.78, 5) is 4.75. The number of nitrogens with zero attached hydrogens (tertiary/aromatic N) is 4. The third-order valence-electron chi connectivity index (χ3n) is 2.60. The average molecular weight is 283 g/mol. The van der Waals surface area contributed by atoms with Crippen LogP contribution >= 0.6 is 15.9 Å². The fourth-order valence-electron chi connectivity index (χ4n) is 1.43. The lowest BCUT2D eigenvalue weighted by atomic mass is 9.89. The number of aromatic nitrogens is 4. The molecule has 2 aromatic rings. The maximum atomic E-state index is 4.38. The molecule has 0 amide bonds. The smallest absolute Gasteiger partial charge is 0.182 e. The van der Waals surface area contributed by atoms with Crippen molar-refractivity contribution in [3.63, 3.8) is 0 Å². The van der Waals surface area contributed by atoms with E-state index in [1.54, 1.807) is 12.5 Å². The monoisotopic (exact) mass is 282 g/mol. The molecule has 1 atom stereocenters. The van der Waals surface area contributed by atoms with Gasteiger partial charge in [0.25, 0.3) is 0 Å². The van der Waals surface area contributed by atoms with Crippen LogP contribution in [0.3, 0.4) is 0 Å². The zero-order valence-electron chi connectivity index (χ0n) is 9.68. The number of halogens is 1. The molecule has 0 bridgehead atoms. The topological polar surface area (TPSA) is 43.1 Å². The van der Waals surface area contributed by atoms with Gasteiger partial charge in [-0.3, -0.25) is 9.38 Å². The van der Waals surface area contributed by atoms with Crippen LogP contribution in [0.2, 0.25) is 0 Å². The lowest BCUT2D eigenvalue weighted by Gasteiger charge is -2.25. The van der Waals surface area contributed by atoms with Gasteiger partial charge in [0.2, 0.25) is 0 Å². The predicted octanol–water partition coefficient (Wildman–Crippen LogP) is 2.48. The standard InChI is InChI=1S/C11H15BrN4/c1-11(2,3)9(12)6-8-10-15-14-7-16(10)5-4-13-8/h4-5,7,9H,6H2,1-3H3. The Morgan fingerprint density at radius 1 is 1.44 bits per heavy atom. The predicted molar refractivity (Wildman–Crippen MR) is 66.7 cm³/mol. The van der Waals surface area contributed by atoms with E-state index in [0.717, 1.165) is 17.8 Å². The van der Waals surface area contributed by atoms with Crippen LogP contribution in [0.1, 0.15) is 26.5 Å². The molecule has 0 N–H and O–H groups in total. The number of hydrogen-bond acceptors (Lipinski definition) is 3. The minimum absolute atomic E-state index is 0.203. The second-order valence-corrected chi connectivity index (χ2v) is 6.08. The molecular weight excluding hydrogens is 268 g/mol. The second kappa shape index (κ2) is 4.13. The van der Waals surface area contributed by atoms with E-state index in [-0.39, 0.29) is 5.41 Å². The van der Waals surface area contributed by atoms with Crippen molar-refractivity contribution in [2.24, 2.45) is 5.41 Å². The Morgan fingerprint density at radius 3 is 2.88 bits per heavy atom. The van der Waals surface area contributed by atoms with Gasteiger partial charge in [0.15, 0.2) is 5.65 Å². The van der Waals surface area contributed by atoms with Crippen molar-refractivity contribution in [3.8, 4) is 0 Å². The molecule has 16 heavy (non-hydrogen) atoms. The lowest BCUT2D eigenvalue weighted by molar-refractivity contribution is 0.396. The summed E-state index contributed by atoms with van der Waals surface area (Å²) in [7, 11) is 0. The van der Waals surface area contributed by atoms with Gasteiger partial charge in [-0.15, -0.1) is 10.2 Å². The van der Waals surface area contributed by atoms with Crippen LogP contribution in [0.5, 0.6) is 0 Å². The van der Waals surface area contributed by atoms with Gasteiger partial charge >= 0.3 is 0 Å². The first-order chi connectivity index (χ1) is 7.48. The van der Waals surface area contributed by atoms with E-state index in [2.05, 4.69) is 51.9 Å². The maximum Gasteiger partial charge on any atom is 0.182 e. The number of rotatable bonds is 2. The molecule has 0 spiro atoms. The molecule has 0 aliphatic heterocycles. The summed E-state index contributed by atoms with van der Waals surface area (Å²) in [5.41, 5.74) is 2.03. The Bertz CT molecular complexity index is 486. The summed E-state index contributed by atoms with van der Waals surface area (Å²) in [5.74, 6) is 0. The lowest BCUT2D eigenvalue weighted by Crippen LogP contribution is -2.23. The summed E-state index contributed by atoms with van der Waals surface area (Å²) in [5, 5.41) is 7.97. The van der Waals surface area contributed by atoms with Gasteiger partial charge in [0, 0.05) is 23.6 Å². The highest BCUT2D eigenvalue weighted by atomic mass is 79.9. The third kappa shape index (κ3) is 2.24. The minimum atomic E-state index is 0.203.